The predicted molar refractivity (Wildman–Crippen MR) is 89.2 cm³/mol. The van der Waals surface area contributed by atoms with E-state index in [1.165, 1.54) is 37.1 Å². The van der Waals surface area contributed by atoms with Crippen LogP contribution < -0.4 is 0 Å². The largest absolute Gasteiger partial charge is 0.302 e. The summed E-state index contributed by atoms with van der Waals surface area (Å²) in [6.45, 7) is 6.17. The fourth-order valence-corrected chi connectivity index (χ4v) is 3.68. The van der Waals surface area contributed by atoms with E-state index in [0.717, 1.165) is 36.9 Å². The first kappa shape index (κ1) is 15.2. The van der Waals surface area contributed by atoms with Crippen molar-refractivity contribution in [3.63, 3.8) is 0 Å². The van der Waals surface area contributed by atoms with Crippen molar-refractivity contribution in [1.82, 2.24) is 9.80 Å². The summed E-state index contributed by atoms with van der Waals surface area (Å²) < 4.78 is 0. The highest BCUT2D eigenvalue weighted by molar-refractivity contribution is 9.08. The molecule has 1 fully saturated rings. The Morgan fingerprint density at radius 1 is 1.05 bits per heavy atom. The van der Waals surface area contributed by atoms with Crippen LogP contribution in [0.1, 0.15) is 34.3 Å². The Hall–Kier alpha value is -0.710. The summed E-state index contributed by atoms with van der Waals surface area (Å²) >= 11 is 3.49. The minimum absolute atomic E-state index is 0.282. The third kappa shape index (κ3) is 3.74. The summed E-state index contributed by atoms with van der Waals surface area (Å²) in [7, 11) is 0. The Labute approximate surface area is 135 Å². The molecule has 0 aromatic heterocycles. The molecule has 0 bridgehead atoms. The van der Waals surface area contributed by atoms with Crippen molar-refractivity contribution in [3.8, 4) is 0 Å². The van der Waals surface area contributed by atoms with E-state index in [1.54, 1.807) is 0 Å². The second kappa shape index (κ2) is 7.03. The van der Waals surface area contributed by atoms with Crippen LogP contribution in [0, 0.1) is 0 Å². The van der Waals surface area contributed by atoms with E-state index in [1.807, 2.05) is 6.07 Å². The molecule has 3 rings (SSSR count). The van der Waals surface area contributed by atoms with E-state index in [4.69, 9.17) is 0 Å². The van der Waals surface area contributed by atoms with Crippen molar-refractivity contribution in [3.05, 3.63) is 34.9 Å². The van der Waals surface area contributed by atoms with Crippen molar-refractivity contribution in [2.75, 3.05) is 39.3 Å². The number of fused-ring (bicyclic) bond motifs is 1. The van der Waals surface area contributed by atoms with Crippen LogP contribution in [0.4, 0.5) is 0 Å². The lowest BCUT2D eigenvalue weighted by molar-refractivity contribution is 0.0933. The topological polar surface area (TPSA) is 23.6 Å². The Bertz CT molecular complexity index is 512. The lowest BCUT2D eigenvalue weighted by Crippen LogP contribution is -2.36. The zero-order valence-corrected chi connectivity index (χ0v) is 14.1. The van der Waals surface area contributed by atoms with Gasteiger partial charge in [0.1, 0.15) is 0 Å². The van der Waals surface area contributed by atoms with Gasteiger partial charge < -0.3 is 4.90 Å². The monoisotopic (exact) mass is 350 g/mol. The quantitative estimate of drug-likeness (QED) is 0.780. The van der Waals surface area contributed by atoms with Gasteiger partial charge in [-0.15, -0.1) is 0 Å². The molecule has 0 radical (unpaired) electrons. The molecule has 0 N–H and O–H groups in total. The summed E-state index contributed by atoms with van der Waals surface area (Å²) in [4.78, 5) is 17.3. The molecule has 0 amide bonds. The van der Waals surface area contributed by atoms with Gasteiger partial charge in [0.15, 0.2) is 5.78 Å². The lowest BCUT2D eigenvalue weighted by atomic mass is 10.00. The van der Waals surface area contributed by atoms with E-state index < -0.39 is 0 Å². The molecule has 0 saturated carbocycles. The summed E-state index contributed by atoms with van der Waals surface area (Å²) in [5, 5.41) is 0.854. The Balaban J connectivity index is 1.63. The van der Waals surface area contributed by atoms with E-state index >= 15 is 0 Å². The fraction of sp³-hybridized carbons (Fsp3) is 0.588. The number of hydrogen-bond acceptors (Lipinski definition) is 3. The van der Waals surface area contributed by atoms with Crippen LogP contribution in [-0.4, -0.2) is 54.9 Å². The number of Topliss-reactive ketones (excluding diaryl/α,β-unsaturated/α-hetero) is 1. The second-order valence-corrected chi connectivity index (χ2v) is 6.68. The number of benzene rings is 1. The maximum Gasteiger partial charge on any atom is 0.177 e. The number of alkyl halides is 1. The van der Waals surface area contributed by atoms with Gasteiger partial charge in [-0.25, -0.2) is 0 Å². The molecule has 0 spiro atoms. The Morgan fingerprint density at radius 3 is 2.57 bits per heavy atom. The number of hydrogen-bond donors (Lipinski definition) is 0. The number of ketones is 1. The van der Waals surface area contributed by atoms with Crippen LogP contribution in [0.15, 0.2) is 18.2 Å². The first-order valence-electron chi connectivity index (χ1n) is 7.92. The number of likely N-dealkylation sites (tertiary alicyclic amines) is 1. The number of rotatable bonds is 4. The molecule has 2 aliphatic rings. The number of carbonyl (C=O) groups excluding carboxylic acids is 1. The summed E-state index contributed by atoms with van der Waals surface area (Å²) in [5.41, 5.74) is 3.41. The Morgan fingerprint density at radius 2 is 1.81 bits per heavy atom. The standard InChI is InChI=1S/C17H23BrN2O/c18-12-14-3-4-16-15(11-14)5-8-20(13-17(16)21)10-9-19-6-1-2-7-19/h3-4,11H,1-2,5-10,12-13H2. The first-order valence-corrected chi connectivity index (χ1v) is 9.04. The molecule has 1 saturated heterocycles. The Kier molecular flexibility index (Phi) is 5.09. The van der Waals surface area contributed by atoms with Gasteiger partial charge in [0.2, 0.25) is 0 Å². The van der Waals surface area contributed by atoms with Crippen LogP contribution in [0.2, 0.25) is 0 Å². The highest BCUT2D eigenvalue weighted by Gasteiger charge is 2.21. The smallest absolute Gasteiger partial charge is 0.177 e. The van der Waals surface area contributed by atoms with Crippen molar-refractivity contribution in [2.45, 2.75) is 24.6 Å². The first-order chi connectivity index (χ1) is 10.3. The van der Waals surface area contributed by atoms with Gasteiger partial charge in [-0.3, -0.25) is 9.69 Å². The molecule has 4 heteroatoms. The second-order valence-electron chi connectivity index (χ2n) is 6.12. The van der Waals surface area contributed by atoms with E-state index in [0.29, 0.717) is 6.54 Å². The zero-order valence-electron chi connectivity index (χ0n) is 12.5. The van der Waals surface area contributed by atoms with Gasteiger partial charge in [-0.05, 0) is 43.5 Å². The van der Waals surface area contributed by atoms with Crippen LogP contribution >= 0.6 is 15.9 Å². The van der Waals surface area contributed by atoms with Crippen LogP contribution in [0.25, 0.3) is 0 Å². The van der Waals surface area contributed by atoms with Crippen molar-refractivity contribution in [1.29, 1.82) is 0 Å². The van der Waals surface area contributed by atoms with Crippen LogP contribution in [-0.2, 0) is 11.8 Å². The molecule has 0 unspecified atom stereocenters. The number of halogens is 1. The van der Waals surface area contributed by atoms with Crippen molar-refractivity contribution in [2.24, 2.45) is 0 Å². The number of nitrogens with zero attached hydrogens (tertiary/aromatic N) is 2. The molecule has 1 aromatic rings. The molecular weight excluding hydrogens is 328 g/mol. The molecule has 0 atom stereocenters. The normalized spacial score (nSPS) is 20.5. The molecule has 1 aromatic carbocycles. The third-order valence-corrected chi connectivity index (χ3v) is 5.27. The van der Waals surface area contributed by atoms with Crippen LogP contribution in [0.3, 0.4) is 0 Å². The van der Waals surface area contributed by atoms with Gasteiger partial charge in [0, 0.05) is 30.5 Å². The van der Waals surface area contributed by atoms with Crippen LogP contribution in [0.5, 0.6) is 0 Å². The maximum absolute atomic E-state index is 12.4. The molecule has 2 aliphatic heterocycles. The van der Waals surface area contributed by atoms with Gasteiger partial charge in [-0.1, -0.05) is 34.1 Å². The number of carbonyl (C=O) groups is 1. The van der Waals surface area contributed by atoms with E-state index in [2.05, 4.69) is 37.9 Å². The van der Waals surface area contributed by atoms with Gasteiger partial charge in [0.25, 0.3) is 0 Å². The average molecular weight is 351 g/mol. The predicted octanol–water partition coefficient (Wildman–Crippen LogP) is 2.72. The zero-order chi connectivity index (χ0) is 14.7. The highest BCUT2D eigenvalue weighted by Crippen LogP contribution is 2.19. The van der Waals surface area contributed by atoms with E-state index in [9.17, 15) is 4.79 Å². The third-order valence-electron chi connectivity index (χ3n) is 4.62. The molecule has 3 nitrogen and oxygen atoms in total. The SMILES string of the molecule is O=C1CN(CCN2CCCC2)CCc2cc(CBr)ccc21. The summed E-state index contributed by atoms with van der Waals surface area (Å²) in [6.07, 6.45) is 3.65. The molecule has 0 aliphatic carbocycles. The minimum Gasteiger partial charge on any atom is -0.302 e. The lowest BCUT2D eigenvalue weighted by Gasteiger charge is -2.22. The average Bonchev–Trinajstić information content (AvgIpc) is 2.97. The molecule has 2 heterocycles. The van der Waals surface area contributed by atoms with Crippen molar-refractivity contribution < 1.29 is 4.79 Å². The summed E-state index contributed by atoms with van der Waals surface area (Å²) in [5.74, 6) is 0.282. The maximum atomic E-state index is 12.4. The molecule has 114 valence electrons. The summed E-state index contributed by atoms with van der Waals surface area (Å²) in [6, 6.07) is 6.26. The molecule has 21 heavy (non-hydrogen) atoms. The minimum atomic E-state index is 0.282. The van der Waals surface area contributed by atoms with Crippen molar-refractivity contribution >= 4 is 21.7 Å². The van der Waals surface area contributed by atoms with Gasteiger partial charge >= 0.3 is 0 Å². The highest BCUT2D eigenvalue weighted by atomic mass is 79.9. The van der Waals surface area contributed by atoms with Gasteiger partial charge in [-0.2, -0.15) is 0 Å². The van der Waals surface area contributed by atoms with Gasteiger partial charge in [0.05, 0.1) is 6.54 Å². The fourth-order valence-electron chi connectivity index (χ4n) is 3.33. The van der Waals surface area contributed by atoms with E-state index in [-0.39, 0.29) is 5.78 Å². The molecular formula is C17H23BrN2O.